The highest BCUT2D eigenvalue weighted by molar-refractivity contribution is 7.90. The van der Waals surface area contributed by atoms with Crippen LogP contribution >= 0.6 is 0 Å². The Bertz CT molecular complexity index is 525. The van der Waals surface area contributed by atoms with Gasteiger partial charge in [-0.05, 0) is 25.0 Å². The molecule has 0 amide bonds. The molecule has 0 saturated heterocycles. The van der Waals surface area contributed by atoms with Crippen molar-refractivity contribution in [2.45, 2.75) is 24.8 Å². The number of anilines is 2. The Hall–Kier alpha value is -1.23. The van der Waals surface area contributed by atoms with Crippen LogP contribution < -0.4 is 10.6 Å². The van der Waals surface area contributed by atoms with Gasteiger partial charge in [-0.15, -0.1) is 0 Å². The molecule has 0 aromatic heterocycles. The fourth-order valence-corrected chi connectivity index (χ4v) is 2.85. The summed E-state index contributed by atoms with van der Waals surface area (Å²) in [6.07, 6.45) is 1.24. The van der Waals surface area contributed by atoms with Crippen molar-refractivity contribution in [2.75, 3.05) is 23.4 Å². The molecule has 1 aromatic rings. The lowest BCUT2D eigenvalue weighted by atomic mass is 10.0. The summed E-state index contributed by atoms with van der Waals surface area (Å²) >= 11 is 0. The molecule has 2 rings (SSSR count). The lowest BCUT2D eigenvalue weighted by Crippen LogP contribution is -2.25. The zero-order chi connectivity index (χ0) is 12.6. The van der Waals surface area contributed by atoms with Crippen molar-refractivity contribution >= 4 is 21.2 Å². The minimum Gasteiger partial charge on any atom is -0.382 e. The number of benzene rings is 1. The van der Waals surface area contributed by atoms with Crippen molar-refractivity contribution < 1.29 is 8.42 Å². The minimum atomic E-state index is -3.20. The molecule has 0 aliphatic carbocycles. The largest absolute Gasteiger partial charge is 0.382 e. The van der Waals surface area contributed by atoms with Crippen molar-refractivity contribution in [3.8, 4) is 0 Å². The predicted molar refractivity (Wildman–Crippen MR) is 70.3 cm³/mol. The van der Waals surface area contributed by atoms with Gasteiger partial charge in [-0.3, -0.25) is 0 Å². The molecule has 2 unspecified atom stereocenters. The molecule has 0 saturated carbocycles. The molecule has 1 aliphatic heterocycles. The Labute approximate surface area is 102 Å². The highest BCUT2D eigenvalue weighted by Gasteiger charge is 2.22. The molecule has 1 aliphatic rings. The first-order valence-electron chi connectivity index (χ1n) is 5.73. The van der Waals surface area contributed by atoms with Crippen LogP contribution in [0.25, 0.3) is 0 Å². The lowest BCUT2D eigenvalue weighted by Gasteiger charge is -2.17. The van der Waals surface area contributed by atoms with Crippen molar-refractivity contribution in [2.24, 2.45) is 5.92 Å². The van der Waals surface area contributed by atoms with Gasteiger partial charge >= 0.3 is 0 Å². The number of rotatable bonds is 1. The van der Waals surface area contributed by atoms with Crippen molar-refractivity contribution in [1.82, 2.24) is 0 Å². The summed E-state index contributed by atoms with van der Waals surface area (Å²) in [5, 5.41) is 6.60. The first-order chi connectivity index (χ1) is 7.89. The van der Waals surface area contributed by atoms with Gasteiger partial charge < -0.3 is 10.6 Å². The van der Waals surface area contributed by atoms with E-state index >= 15 is 0 Å². The second kappa shape index (κ2) is 4.22. The monoisotopic (exact) mass is 254 g/mol. The molecular weight excluding hydrogens is 236 g/mol. The van der Waals surface area contributed by atoms with Crippen molar-refractivity contribution in [3.05, 3.63) is 18.2 Å². The maximum Gasteiger partial charge on any atom is 0.177 e. The number of hydrogen-bond acceptors (Lipinski definition) is 4. The van der Waals surface area contributed by atoms with E-state index in [0.717, 1.165) is 12.2 Å². The minimum absolute atomic E-state index is 0.318. The highest BCUT2D eigenvalue weighted by Crippen LogP contribution is 2.33. The first-order valence-corrected chi connectivity index (χ1v) is 7.62. The molecule has 2 N–H and O–H groups in total. The highest BCUT2D eigenvalue weighted by atomic mass is 32.2. The summed E-state index contributed by atoms with van der Waals surface area (Å²) in [5.41, 5.74) is 1.57. The standard InChI is InChI=1S/C12H18N2O2S/c1-8-7-13-12-10(14-9(8)2)5-4-6-11(12)17(3,15)16/h4-6,8-9,13-14H,7H2,1-3H3. The average molecular weight is 254 g/mol. The van der Waals surface area contributed by atoms with Gasteiger partial charge in [0, 0.05) is 18.8 Å². The van der Waals surface area contributed by atoms with E-state index < -0.39 is 9.84 Å². The van der Waals surface area contributed by atoms with Crippen LogP contribution in [0.4, 0.5) is 11.4 Å². The molecule has 17 heavy (non-hydrogen) atoms. The molecule has 2 atom stereocenters. The van der Waals surface area contributed by atoms with Crippen LogP contribution in [0.2, 0.25) is 0 Å². The Balaban J connectivity index is 2.53. The molecule has 0 spiro atoms. The number of fused-ring (bicyclic) bond motifs is 1. The van der Waals surface area contributed by atoms with Crippen LogP contribution in [0.5, 0.6) is 0 Å². The van der Waals surface area contributed by atoms with Crippen LogP contribution in [0.3, 0.4) is 0 Å². The summed E-state index contributed by atoms with van der Waals surface area (Å²) in [6.45, 7) is 5.01. The van der Waals surface area contributed by atoms with Gasteiger partial charge in [0.25, 0.3) is 0 Å². The fraction of sp³-hybridized carbons (Fsp3) is 0.500. The molecular formula is C12H18N2O2S. The topological polar surface area (TPSA) is 58.2 Å². The second-order valence-corrected chi connectivity index (χ2v) is 6.73. The molecule has 94 valence electrons. The third kappa shape index (κ3) is 2.39. The second-order valence-electron chi connectivity index (χ2n) is 4.74. The van der Waals surface area contributed by atoms with Crippen LogP contribution in [0, 0.1) is 5.92 Å². The van der Waals surface area contributed by atoms with E-state index in [9.17, 15) is 8.42 Å². The predicted octanol–water partition coefficient (Wildman–Crippen LogP) is 1.95. The van der Waals surface area contributed by atoms with E-state index in [0.29, 0.717) is 22.5 Å². The van der Waals surface area contributed by atoms with Crippen molar-refractivity contribution in [1.29, 1.82) is 0 Å². The lowest BCUT2D eigenvalue weighted by molar-refractivity contribution is 0.542. The molecule has 1 aromatic carbocycles. The molecule has 0 bridgehead atoms. The van der Waals surface area contributed by atoms with Gasteiger partial charge in [0.15, 0.2) is 9.84 Å². The Kier molecular flexibility index (Phi) is 3.03. The van der Waals surface area contributed by atoms with Gasteiger partial charge in [0.1, 0.15) is 0 Å². The van der Waals surface area contributed by atoms with E-state index in [-0.39, 0.29) is 0 Å². The maximum absolute atomic E-state index is 11.7. The smallest absolute Gasteiger partial charge is 0.177 e. The summed E-state index contributed by atoms with van der Waals surface area (Å²) < 4.78 is 23.4. The number of sulfone groups is 1. The van der Waals surface area contributed by atoms with E-state index in [1.165, 1.54) is 6.26 Å². The summed E-state index contributed by atoms with van der Waals surface area (Å²) in [7, 11) is -3.20. The fourth-order valence-electron chi connectivity index (χ4n) is 1.97. The van der Waals surface area contributed by atoms with Gasteiger partial charge in [0.05, 0.1) is 16.3 Å². The normalized spacial score (nSPS) is 24.2. The van der Waals surface area contributed by atoms with Crippen LogP contribution in [-0.4, -0.2) is 27.3 Å². The SMILES string of the molecule is CC1CNc2c(cccc2S(C)(=O)=O)NC1C. The first kappa shape index (κ1) is 12.2. The van der Waals surface area contributed by atoms with Gasteiger partial charge in [-0.1, -0.05) is 13.0 Å². The Morgan fingerprint density at radius 1 is 1.29 bits per heavy atom. The number of hydrogen-bond donors (Lipinski definition) is 2. The van der Waals surface area contributed by atoms with Crippen molar-refractivity contribution in [3.63, 3.8) is 0 Å². The van der Waals surface area contributed by atoms with E-state index in [2.05, 4.69) is 24.5 Å². The quantitative estimate of drug-likeness (QED) is 0.804. The summed E-state index contributed by atoms with van der Waals surface area (Å²) in [4.78, 5) is 0.365. The maximum atomic E-state index is 11.7. The third-order valence-corrected chi connectivity index (χ3v) is 4.40. The van der Waals surface area contributed by atoms with Gasteiger partial charge in [-0.2, -0.15) is 0 Å². The Morgan fingerprint density at radius 2 is 2.00 bits per heavy atom. The zero-order valence-electron chi connectivity index (χ0n) is 10.3. The molecule has 4 nitrogen and oxygen atoms in total. The van der Waals surface area contributed by atoms with E-state index in [1.54, 1.807) is 12.1 Å². The molecule has 5 heteroatoms. The third-order valence-electron chi connectivity index (χ3n) is 3.26. The molecule has 0 fully saturated rings. The molecule has 1 heterocycles. The molecule has 0 radical (unpaired) electrons. The van der Waals surface area contributed by atoms with E-state index in [1.807, 2.05) is 6.07 Å². The number of para-hydroxylation sites is 1. The van der Waals surface area contributed by atoms with Crippen LogP contribution in [0.1, 0.15) is 13.8 Å². The summed E-state index contributed by atoms with van der Waals surface area (Å²) in [6, 6.07) is 5.64. The van der Waals surface area contributed by atoms with E-state index in [4.69, 9.17) is 0 Å². The Morgan fingerprint density at radius 3 is 2.65 bits per heavy atom. The summed E-state index contributed by atoms with van der Waals surface area (Å²) in [5.74, 6) is 0.440. The number of nitrogens with one attached hydrogen (secondary N) is 2. The van der Waals surface area contributed by atoms with Gasteiger partial charge in [-0.25, -0.2) is 8.42 Å². The average Bonchev–Trinajstić information content (AvgIpc) is 2.37. The van der Waals surface area contributed by atoms with Crippen LogP contribution in [0.15, 0.2) is 23.1 Å². The van der Waals surface area contributed by atoms with Crippen LogP contribution in [-0.2, 0) is 9.84 Å². The zero-order valence-corrected chi connectivity index (χ0v) is 11.1. The van der Waals surface area contributed by atoms with Gasteiger partial charge in [0.2, 0.25) is 0 Å².